The van der Waals surface area contributed by atoms with Crippen molar-refractivity contribution in [1.29, 1.82) is 0 Å². The van der Waals surface area contributed by atoms with Gasteiger partial charge < -0.3 is 15.0 Å². The van der Waals surface area contributed by atoms with Crippen LogP contribution in [0.1, 0.15) is 91.9 Å². The molecule has 2 N–H and O–H groups in total. The van der Waals surface area contributed by atoms with Gasteiger partial charge in [-0.05, 0) is 112 Å². The number of nitrogens with one attached hydrogen (secondary N) is 2. The van der Waals surface area contributed by atoms with Gasteiger partial charge in [-0.3, -0.25) is 10.1 Å². The van der Waals surface area contributed by atoms with Gasteiger partial charge in [0.15, 0.2) is 0 Å². The van der Waals surface area contributed by atoms with Gasteiger partial charge in [0.25, 0.3) is 0 Å². The molecule has 37 heavy (non-hydrogen) atoms. The first kappa shape index (κ1) is 26.3. The first-order chi connectivity index (χ1) is 17.6. The number of amides is 1. The van der Waals surface area contributed by atoms with Crippen molar-refractivity contribution < 1.29 is 9.53 Å². The molecule has 1 unspecified atom stereocenters. The Kier molecular flexibility index (Phi) is 6.64. The number of carbonyl (C=O) groups excluding carboxylic acids is 1. The zero-order valence-corrected chi connectivity index (χ0v) is 24.4. The molecule has 208 valence electrons. The van der Waals surface area contributed by atoms with Crippen LogP contribution >= 0.6 is 0 Å². The van der Waals surface area contributed by atoms with Crippen molar-refractivity contribution in [2.45, 2.75) is 110 Å². The van der Waals surface area contributed by atoms with Crippen molar-refractivity contribution in [2.75, 3.05) is 27.2 Å². The van der Waals surface area contributed by atoms with E-state index in [-0.39, 0.29) is 11.6 Å². The second kappa shape index (κ2) is 9.34. The molecule has 6 rings (SSSR count). The van der Waals surface area contributed by atoms with E-state index in [9.17, 15) is 4.79 Å². The summed E-state index contributed by atoms with van der Waals surface area (Å²) in [5.41, 5.74) is 2.33. The molecule has 0 aromatic rings. The molecule has 2 aliphatic heterocycles. The van der Waals surface area contributed by atoms with E-state index in [4.69, 9.17) is 4.74 Å². The van der Waals surface area contributed by atoms with Crippen LogP contribution in [-0.2, 0) is 9.53 Å². The molecule has 5 nitrogen and oxygen atoms in total. The SMILES string of the molecule is C[C@@H]1CC[C@@]2(NC1)O[C@H]1C[C@H]3[C@@H]4CC=C5CC(NC(=O)CCN(C)C)CC[C@]5(C)[C@H]4CC[C@]3(C)[C@H]1[C@@H]2C. The molecule has 2 heterocycles. The third kappa shape index (κ3) is 4.16. The average molecular weight is 512 g/mol. The average Bonchev–Trinajstić information content (AvgIpc) is 3.30. The van der Waals surface area contributed by atoms with Gasteiger partial charge >= 0.3 is 0 Å². The Morgan fingerprint density at radius 1 is 1.14 bits per heavy atom. The van der Waals surface area contributed by atoms with Gasteiger partial charge in [0.2, 0.25) is 5.91 Å². The zero-order chi connectivity index (χ0) is 26.2. The number of ether oxygens (including phenoxy) is 1. The van der Waals surface area contributed by atoms with E-state index in [1.54, 1.807) is 5.57 Å². The maximum Gasteiger partial charge on any atom is 0.221 e. The van der Waals surface area contributed by atoms with E-state index in [1.165, 1.54) is 44.9 Å². The monoisotopic (exact) mass is 511 g/mol. The lowest BCUT2D eigenvalue weighted by Crippen LogP contribution is -2.57. The third-order valence-corrected chi connectivity index (χ3v) is 12.7. The number of fused-ring (bicyclic) bond motifs is 7. The Hall–Kier alpha value is -0.910. The van der Waals surface area contributed by atoms with E-state index in [0.717, 1.165) is 49.6 Å². The quantitative estimate of drug-likeness (QED) is 0.499. The molecule has 0 aromatic heterocycles. The summed E-state index contributed by atoms with van der Waals surface area (Å²) < 4.78 is 7.06. The van der Waals surface area contributed by atoms with Gasteiger partial charge in [0.1, 0.15) is 5.72 Å². The van der Waals surface area contributed by atoms with E-state index in [0.29, 0.717) is 41.2 Å². The minimum Gasteiger partial charge on any atom is -0.357 e. The molecule has 0 aromatic carbocycles. The number of piperidine rings is 1. The van der Waals surface area contributed by atoms with Crippen LogP contribution in [0.5, 0.6) is 0 Å². The number of hydrogen-bond donors (Lipinski definition) is 2. The summed E-state index contributed by atoms with van der Waals surface area (Å²) in [7, 11) is 4.07. The molecule has 4 aliphatic carbocycles. The molecule has 2 saturated heterocycles. The van der Waals surface area contributed by atoms with Crippen LogP contribution < -0.4 is 10.6 Å². The number of allylic oxidation sites excluding steroid dienone is 1. The van der Waals surface area contributed by atoms with Gasteiger partial charge in [-0.25, -0.2) is 0 Å². The zero-order valence-electron chi connectivity index (χ0n) is 24.4. The van der Waals surface area contributed by atoms with Crippen molar-refractivity contribution in [3.8, 4) is 0 Å². The van der Waals surface area contributed by atoms with Crippen LogP contribution in [0.2, 0.25) is 0 Å². The topological polar surface area (TPSA) is 53.6 Å². The minimum absolute atomic E-state index is 0.0619. The maximum atomic E-state index is 12.5. The highest BCUT2D eigenvalue weighted by molar-refractivity contribution is 5.76. The van der Waals surface area contributed by atoms with Crippen LogP contribution in [0.4, 0.5) is 0 Å². The third-order valence-electron chi connectivity index (χ3n) is 12.7. The summed E-state index contributed by atoms with van der Waals surface area (Å²) in [6.45, 7) is 12.1. The lowest BCUT2D eigenvalue weighted by Gasteiger charge is -2.58. The molecular formula is C32H53N3O2. The lowest BCUT2D eigenvalue weighted by atomic mass is 9.46. The largest absolute Gasteiger partial charge is 0.357 e. The molecule has 5 heteroatoms. The number of hydrogen-bond acceptors (Lipinski definition) is 4. The van der Waals surface area contributed by atoms with Gasteiger partial charge in [0, 0.05) is 31.5 Å². The van der Waals surface area contributed by atoms with Crippen molar-refractivity contribution in [3.05, 3.63) is 11.6 Å². The predicted molar refractivity (Wildman–Crippen MR) is 149 cm³/mol. The highest BCUT2D eigenvalue weighted by Crippen LogP contribution is 2.70. The van der Waals surface area contributed by atoms with Gasteiger partial charge in [-0.15, -0.1) is 0 Å². The van der Waals surface area contributed by atoms with Crippen molar-refractivity contribution in [3.63, 3.8) is 0 Å². The molecule has 5 fully saturated rings. The van der Waals surface area contributed by atoms with Crippen LogP contribution in [-0.4, -0.2) is 55.9 Å². The standard InChI is InChI=1S/C32H53N3O2/c1-20-9-15-32(33-19-20)21(2)29-27(37-32)18-26-24-8-7-22-17-23(34-28(36)12-16-35(5)6)10-13-30(22,3)25(24)11-14-31(26,29)4/h7,20-21,23-27,29,33H,8-19H2,1-6H3,(H,34,36)/t20-,21+,23?,24-,25+,26+,27+,29+,30+,31+,32-/m1/s1. The molecule has 6 aliphatic rings. The molecule has 11 atom stereocenters. The molecule has 0 radical (unpaired) electrons. The summed E-state index contributed by atoms with van der Waals surface area (Å²) in [5, 5.41) is 7.27. The summed E-state index contributed by atoms with van der Waals surface area (Å²) in [6, 6.07) is 0.321. The molecule has 1 spiro atoms. The van der Waals surface area contributed by atoms with Crippen molar-refractivity contribution >= 4 is 5.91 Å². The molecule has 0 bridgehead atoms. The second-order valence-corrected chi connectivity index (χ2v) is 15.0. The second-order valence-electron chi connectivity index (χ2n) is 15.0. The van der Waals surface area contributed by atoms with Gasteiger partial charge in [-0.2, -0.15) is 0 Å². The van der Waals surface area contributed by atoms with Crippen LogP contribution in [0.25, 0.3) is 0 Å². The predicted octanol–water partition coefficient (Wildman–Crippen LogP) is 5.36. The van der Waals surface area contributed by atoms with Crippen LogP contribution in [0.3, 0.4) is 0 Å². The highest BCUT2D eigenvalue weighted by Gasteiger charge is 2.68. The minimum atomic E-state index is -0.0619. The Morgan fingerprint density at radius 2 is 1.95 bits per heavy atom. The van der Waals surface area contributed by atoms with Crippen molar-refractivity contribution in [2.24, 2.45) is 46.3 Å². The fraction of sp³-hybridized carbons (Fsp3) is 0.906. The first-order valence-corrected chi connectivity index (χ1v) is 15.6. The number of nitrogens with zero attached hydrogens (tertiary/aromatic N) is 1. The maximum absolute atomic E-state index is 12.5. The molecule has 1 amide bonds. The fourth-order valence-electron chi connectivity index (χ4n) is 10.6. The van der Waals surface area contributed by atoms with E-state index in [2.05, 4.69) is 49.3 Å². The summed E-state index contributed by atoms with van der Waals surface area (Å²) in [4.78, 5) is 14.6. The van der Waals surface area contributed by atoms with E-state index < -0.39 is 0 Å². The van der Waals surface area contributed by atoms with E-state index in [1.807, 2.05) is 14.1 Å². The van der Waals surface area contributed by atoms with E-state index >= 15 is 0 Å². The van der Waals surface area contributed by atoms with Gasteiger partial charge in [-0.1, -0.05) is 39.3 Å². The normalized spacial score (nSPS) is 50.7. The Morgan fingerprint density at radius 3 is 2.68 bits per heavy atom. The molecule has 3 saturated carbocycles. The summed E-state index contributed by atoms with van der Waals surface area (Å²) in [5.74, 6) is 4.69. The smallest absolute Gasteiger partial charge is 0.221 e. The lowest BCUT2D eigenvalue weighted by molar-refractivity contribution is -0.122. The Bertz CT molecular complexity index is 923. The Labute approximate surface area is 225 Å². The summed E-state index contributed by atoms with van der Waals surface area (Å²) >= 11 is 0. The number of carbonyl (C=O) groups is 1. The van der Waals surface area contributed by atoms with Crippen molar-refractivity contribution in [1.82, 2.24) is 15.5 Å². The number of rotatable bonds is 4. The highest BCUT2D eigenvalue weighted by atomic mass is 16.5. The fourth-order valence-corrected chi connectivity index (χ4v) is 10.6. The Balaban J connectivity index is 1.16. The van der Waals surface area contributed by atoms with Crippen LogP contribution in [0.15, 0.2) is 11.6 Å². The molecular weight excluding hydrogens is 458 g/mol. The van der Waals surface area contributed by atoms with Gasteiger partial charge in [0.05, 0.1) is 6.10 Å². The van der Waals surface area contributed by atoms with Crippen LogP contribution in [0, 0.1) is 46.3 Å². The first-order valence-electron chi connectivity index (χ1n) is 15.6. The summed E-state index contributed by atoms with van der Waals surface area (Å²) in [6.07, 6.45) is 14.8.